The van der Waals surface area contributed by atoms with Gasteiger partial charge in [0.15, 0.2) is 10.9 Å². The minimum absolute atomic E-state index is 0.0541. The van der Waals surface area contributed by atoms with E-state index in [-0.39, 0.29) is 11.3 Å². The summed E-state index contributed by atoms with van der Waals surface area (Å²) >= 11 is 3.53. The Balaban J connectivity index is 1.75. The van der Waals surface area contributed by atoms with Gasteiger partial charge in [0, 0.05) is 17.7 Å². The van der Waals surface area contributed by atoms with Gasteiger partial charge in [-0.2, -0.15) is 0 Å². The predicted molar refractivity (Wildman–Crippen MR) is 113 cm³/mol. The Hall–Kier alpha value is -1.93. The minimum Gasteiger partial charge on any atom is -0.301 e. The lowest BCUT2D eigenvalue weighted by Crippen LogP contribution is -2.16. The van der Waals surface area contributed by atoms with Crippen molar-refractivity contribution in [2.75, 3.05) is 0 Å². The van der Waals surface area contributed by atoms with E-state index in [0.29, 0.717) is 26.5 Å². The molecule has 6 heteroatoms. The number of carbonyl (C=O) groups excluding carboxylic acids is 1. The van der Waals surface area contributed by atoms with Crippen LogP contribution in [0.3, 0.4) is 0 Å². The molecule has 0 spiro atoms. The number of H-pyrrole nitrogens is 1. The van der Waals surface area contributed by atoms with Crippen molar-refractivity contribution in [3.63, 3.8) is 0 Å². The number of thioether (sulfide) groups is 1. The maximum Gasteiger partial charge on any atom is 0.265 e. The van der Waals surface area contributed by atoms with Crippen molar-refractivity contribution in [1.29, 1.82) is 0 Å². The summed E-state index contributed by atoms with van der Waals surface area (Å²) in [6.07, 6.45) is 0.629. The standard InChI is InChI=1S/C20H17IN2O2S/c1-13(24)16-9-7-15(8-10-16)12-26-20-22-17(18(21)19(25)23-20)11-14-5-3-2-4-6-14/h2-10H,11-12H2,1H3,(H,22,23,25). The SMILES string of the molecule is CC(=O)c1ccc(CSc2nc(Cc3ccccc3)c(I)c(=O)[nH]2)cc1. The second kappa shape index (κ2) is 8.64. The van der Waals surface area contributed by atoms with Gasteiger partial charge in [-0.05, 0) is 40.6 Å². The lowest BCUT2D eigenvalue weighted by molar-refractivity contribution is 0.101. The number of halogens is 1. The molecule has 1 heterocycles. The summed E-state index contributed by atoms with van der Waals surface area (Å²) < 4.78 is 0.626. The third-order valence-electron chi connectivity index (χ3n) is 3.86. The normalized spacial score (nSPS) is 10.7. The monoisotopic (exact) mass is 476 g/mol. The highest BCUT2D eigenvalue weighted by Gasteiger charge is 2.10. The summed E-state index contributed by atoms with van der Waals surface area (Å²) in [6, 6.07) is 17.5. The largest absolute Gasteiger partial charge is 0.301 e. The Morgan fingerprint density at radius 1 is 1.08 bits per heavy atom. The molecule has 0 fully saturated rings. The van der Waals surface area contributed by atoms with E-state index in [1.165, 1.54) is 11.8 Å². The number of nitrogens with one attached hydrogen (secondary N) is 1. The zero-order chi connectivity index (χ0) is 18.5. The number of benzene rings is 2. The molecule has 3 aromatic rings. The molecule has 4 nitrogen and oxygen atoms in total. The van der Waals surface area contributed by atoms with Crippen LogP contribution in [0.25, 0.3) is 0 Å². The predicted octanol–water partition coefficient (Wildman–Crippen LogP) is 4.46. The van der Waals surface area contributed by atoms with Crippen LogP contribution in [0.1, 0.15) is 34.1 Å². The second-order valence-electron chi connectivity index (χ2n) is 5.84. The average molecular weight is 476 g/mol. The number of hydrogen-bond donors (Lipinski definition) is 1. The van der Waals surface area contributed by atoms with Crippen LogP contribution in [0.5, 0.6) is 0 Å². The molecule has 132 valence electrons. The van der Waals surface area contributed by atoms with E-state index in [1.54, 1.807) is 6.92 Å². The van der Waals surface area contributed by atoms with Gasteiger partial charge in [-0.25, -0.2) is 4.98 Å². The first kappa shape index (κ1) is 18.8. The topological polar surface area (TPSA) is 62.8 Å². The molecular formula is C20H17IN2O2S. The Bertz CT molecular complexity index is 969. The molecule has 0 amide bonds. The van der Waals surface area contributed by atoms with Gasteiger partial charge in [0.2, 0.25) is 0 Å². The van der Waals surface area contributed by atoms with Crippen molar-refractivity contribution < 1.29 is 4.79 Å². The number of carbonyl (C=O) groups is 1. The third-order valence-corrected chi connectivity index (χ3v) is 5.92. The smallest absolute Gasteiger partial charge is 0.265 e. The first-order chi connectivity index (χ1) is 12.5. The molecule has 0 aliphatic carbocycles. The van der Waals surface area contributed by atoms with E-state index in [1.807, 2.05) is 54.6 Å². The molecule has 3 rings (SSSR count). The Morgan fingerprint density at radius 2 is 1.77 bits per heavy atom. The molecule has 0 saturated carbocycles. The second-order valence-corrected chi connectivity index (χ2v) is 7.88. The molecule has 0 aliphatic heterocycles. The molecule has 26 heavy (non-hydrogen) atoms. The Morgan fingerprint density at radius 3 is 2.42 bits per heavy atom. The van der Waals surface area contributed by atoms with Crippen LogP contribution in [0.2, 0.25) is 0 Å². The van der Waals surface area contributed by atoms with Gasteiger partial charge in [0.1, 0.15) is 3.57 Å². The highest BCUT2D eigenvalue weighted by atomic mass is 127. The third kappa shape index (κ3) is 4.82. The van der Waals surface area contributed by atoms with E-state index in [4.69, 9.17) is 0 Å². The van der Waals surface area contributed by atoms with Crippen LogP contribution >= 0.6 is 34.4 Å². The van der Waals surface area contributed by atoms with Crippen LogP contribution in [0.15, 0.2) is 64.5 Å². The van der Waals surface area contributed by atoms with Crippen LogP contribution < -0.4 is 5.56 Å². The lowest BCUT2D eigenvalue weighted by Gasteiger charge is -2.07. The summed E-state index contributed by atoms with van der Waals surface area (Å²) in [4.78, 5) is 31.0. The van der Waals surface area contributed by atoms with Crippen LogP contribution in [-0.4, -0.2) is 15.8 Å². The summed E-state index contributed by atoms with van der Waals surface area (Å²) in [5.41, 5.74) is 3.57. The highest BCUT2D eigenvalue weighted by Crippen LogP contribution is 2.21. The molecule has 1 N–H and O–H groups in total. The van der Waals surface area contributed by atoms with E-state index >= 15 is 0 Å². The van der Waals surface area contributed by atoms with Crippen molar-refractivity contribution in [2.45, 2.75) is 24.3 Å². The van der Waals surface area contributed by atoms with Crippen LogP contribution in [-0.2, 0) is 12.2 Å². The van der Waals surface area contributed by atoms with Gasteiger partial charge in [-0.1, -0.05) is 66.4 Å². The minimum atomic E-state index is -0.110. The van der Waals surface area contributed by atoms with E-state index in [0.717, 1.165) is 16.8 Å². The average Bonchev–Trinajstić information content (AvgIpc) is 2.65. The quantitative estimate of drug-likeness (QED) is 0.247. The maximum atomic E-state index is 12.2. The van der Waals surface area contributed by atoms with E-state index in [2.05, 4.69) is 32.6 Å². The number of aromatic amines is 1. The Labute approximate surface area is 169 Å². The lowest BCUT2D eigenvalue weighted by atomic mass is 10.1. The highest BCUT2D eigenvalue weighted by molar-refractivity contribution is 14.1. The van der Waals surface area contributed by atoms with E-state index < -0.39 is 0 Å². The number of rotatable bonds is 6. The number of Topliss-reactive ketones (excluding diaryl/α,β-unsaturated/α-hetero) is 1. The number of aromatic nitrogens is 2. The number of nitrogens with zero attached hydrogens (tertiary/aromatic N) is 1. The van der Waals surface area contributed by atoms with Crippen LogP contribution in [0.4, 0.5) is 0 Å². The summed E-state index contributed by atoms with van der Waals surface area (Å²) in [7, 11) is 0. The molecule has 0 unspecified atom stereocenters. The molecule has 1 aromatic heterocycles. The Kier molecular flexibility index (Phi) is 6.26. The maximum absolute atomic E-state index is 12.2. The van der Waals surface area contributed by atoms with Crippen molar-refractivity contribution in [3.05, 3.63) is 90.9 Å². The van der Waals surface area contributed by atoms with Gasteiger partial charge in [0.25, 0.3) is 5.56 Å². The molecule has 0 radical (unpaired) electrons. The van der Waals surface area contributed by atoms with E-state index in [9.17, 15) is 9.59 Å². The fourth-order valence-corrected chi connectivity index (χ4v) is 3.73. The zero-order valence-corrected chi connectivity index (χ0v) is 17.1. The summed E-state index contributed by atoms with van der Waals surface area (Å²) in [6.45, 7) is 1.55. The van der Waals surface area contributed by atoms with Gasteiger partial charge < -0.3 is 4.98 Å². The van der Waals surface area contributed by atoms with Gasteiger partial charge in [-0.3, -0.25) is 9.59 Å². The van der Waals surface area contributed by atoms with Gasteiger partial charge in [0.05, 0.1) is 5.69 Å². The molecule has 0 bridgehead atoms. The molecule has 0 atom stereocenters. The molecule has 0 aliphatic rings. The summed E-state index contributed by atoms with van der Waals surface area (Å²) in [5.74, 6) is 0.727. The molecule has 2 aromatic carbocycles. The van der Waals surface area contributed by atoms with Crippen molar-refractivity contribution in [3.8, 4) is 0 Å². The van der Waals surface area contributed by atoms with Gasteiger partial charge in [-0.15, -0.1) is 0 Å². The van der Waals surface area contributed by atoms with Crippen LogP contribution in [0, 0.1) is 3.57 Å². The van der Waals surface area contributed by atoms with Crippen molar-refractivity contribution in [2.24, 2.45) is 0 Å². The molecule has 0 saturated heterocycles. The number of hydrogen-bond acceptors (Lipinski definition) is 4. The first-order valence-electron chi connectivity index (χ1n) is 8.08. The molecular weight excluding hydrogens is 459 g/mol. The fraction of sp³-hybridized carbons (Fsp3) is 0.150. The first-order valence-corrected chi connectivity index (χ1v) is 10.1. The van der Waals surface area contributed by atoms with Crippen molar-refractivity contribution >= 4 is 40.1 Å². The summed E-state index contributed by atoms with van der Waals surface area (Å²) in [5, 5.41) is 0.608. The number of ketones is 1. The van der Waals surface area contributed by atoms with Crippen molar-refractivity contribution in [1.82, 2.24) is 9.97 Å². The fourth-order valence-electron chi connectivity index (χ4n) is 2.44. The van der Waals surface area contributed by atoms with Gasteiger partial charge >= 0.3 is 0 Å². The zero-order valence-electron chi connectivity index (χ0n) is 14.2.